The summed E-state index contributed by atoms with van der Waals surface area (Å²) in [4.78, 5) is 5.00. The first kappa shape index (κ1) is 40.6. The molecule has 0 amide bonds. The first-order valence-corrected chi connectivity index (χ1v) is 22.7. The predicted molar refractivity (Wildman–Crippen MR) is 261 cm³/mol. The maximum absolute atomic E-state index is 6.93. The summed E-state index contributed by atoms with van der Waals surface area (Å²) < 4.78 is 6.93. The number of hydrogen-bond acceptors (Lipinski definition) is 3. The molecular weight excluding hydrogens is 741 g/mol. The zero-order chi connectivity index (χ0) is 42.7. The Hall–Kier alpha value is -5.80. The number of hydrogen-bond donors (Lipinski definition) is 0. The second-order valence-corrected chi connectivity index (χ2v) is 19.0. The molecule has 3 aliphatic carbocycles. The molecule has 3 nitrogen and oxygen atoms in total. The van der Waals surface area contributed by atoms with Crippen molar-refractivity contribution < 1.29 is 4.42 Å². The van der Waals surface area contributed by atoms with Crippen LogP contribution in [0.15, 0.2) is 143 Å². The van der Waals surface area contributed by atoms with E-state index in [1.807, 2.05) is 0 Å². The van der Waals surface area contributed by atoms with Crippen LogP contribution in [0.2, 0.25) is 0 Å². The van der Waals surface area contributed by atoms with Crippen molar-refractivity contribution in [1.82, 2.24) is 0 Å². The van der Waals surface area contributed by atoms with Crippen LogP contribution in [-0.4, -0.2) is 6.04 Å². The second kappa shape index (κ2) is 16.2. The van der Waals surface area contributed by atoms with Crippen molar-refractivity contribution in [3.8, 4) is 0 Å². The Bertz CT molecular complexity index is 2700. The van der Waals surface area contributed by atoms with Crippen molar-refractivity contribution in [2.75, 3.05) is 9.80 Å². The summed E-state index contributed by atoms with van der Waals surface area (Å²) in [7, 11) is 0. The third kappa shape index (κ3) is 7.51. The normalized spacial score (nSPS) is 17.2. The highest BCUT2D eigenvalue weighted by molar-refractivity contribution is 5.91. The fourth-order valence-electron chi connectivity index (χ4n) is 9.81. The van der Waals surface area contributed by atoms with E-state index in [0.717, 1.165) is 24.2 Å². The van der Waals surface area contributed by atoms with E-state index in [9.17, 15) is 0 Å². The van der Waals surface area contributed by atoms with Crippen molar-refractivity contribution >= 4 is 51.4 Å². The quantitative estimate of drug-likeness (QED) is 0.138. The molecule has 1 heterocycles. The minimum absolute atomic E-state index is 0.178. The van der Waals surface area contributed by atoms with Gasteiger partial charge in [-0.3, -0.25) is 0 Å². The number of rotatable bonds is 10. The van der Waals surface area contributed by atoms with Gasteiger partial charge in [-0.25, -0.2) is 0 Å². The van der Waals surface area contributed by atoms with Crippen LogP contribution < -0.4 is 20.2 Å². The second-order valence-electron chi connectivity index (χ2n) is 19.0. The van der Waals surface area contributed by atoms with E-state index in [-0.39, 0.29) is 12.0 Å². The zero-order valence-electron chi connectivity index (χ0n) is 37.9. The Kier molecular flexibility index (Phi) is 10.8. The lowest BCUT2D eigenvalue weighted by Crippen LogP contribution is -2.41. The van der Waals surface area contributed by atoms with Crippen molar-refractivity contribution in [2.24, 2.45) is 5.92 Å². The van der Waals surface area contributed by atoms with Crippen molar-refractivity contribution in [3.63, 3.8) is 0 Å². The lowest BCUT2D eigenvalue weighted by Gasteiger charge is -2.36. The van der Waals surface area contributed by atoms with E-state index < -0.39 is 0 Å². The van der Waals surface area contributed by atoms with Gasteiger partial charge in [-0.05, 0) is 166 Å². The van der Waals surface area contributed by atoms with Gasteiger partial charge in [-0.2, -0.15) is 0 Å². The Morgan fingerprint density at radius 1 is 0.557 bits per heavy atom. The van der Waals surface area contributed by atoms with Crippen molar-refractivity contribution in [1.29, 1.82) is 0 Å². The molecule has 6 aromatic rings. The molecular formula is C58H62N2O. The molecule has 0 saturated heterocycles. The highest BCUT2D eigenvalue weighted by atomic mass is 16.3. The van der Waals surface area contributed by atoms with Crippen LogP contribution >= 0.6 is 0 Å². The molecule has 61 heavy (non-hydrogen) atoms. The SMILES string of the molecule is CC1=C(N(c2ccc(C(C)C)cc2)c2ccc(C(C)C)cc2)C=CC2=Cc3c(oc4cc5c(cc34)=CCC(N(c3ccc(C(C)C)cc3)c3ccc(C(C)C)cc3)C=5C)CC21. The molecule has 0 N–H and O–H groups in total. The first-order valence-electron chi connectivity index (χ1n) is 22.7. The number of nitrogens with zero attached hydrogens (tertiary/aromatic N) is 2. The number of furan rings is 1. The van der Waals surface area contributed by atoms with E-state index in [1.54, 1.807) is 0 Å². The van der Waals surface area contributed by atoms with Gasteiger partial charge in [0.15, 0.2) is 0 Å². The van der Waals surface area contributed by atoms with Gasteiger partial charge in [0.05, 0.1) is 6.04 Å². The fourth-order valence-corrected chi connectivity index (χ4v) is 9.81. The van der Waals surface area contributed by atoms with Crippen LogP contribution in [0.5, 0.6) is 0 Å². The molecule has 0 spiro atoms. The highest BCUT2D eigenvalue weighted by Crippen LogP contribution is 2.45. The van der Waals surface area contributed by atoms with Gasteiger partial charge in [0.2, 0.25) is 0 Å². The van der Waals surface area contributed by atoms with Gasteiger partial charge in [0, 0.05) is 51.7 Å². The Morgan fingerprint density at radius 3 is 1.51 bits per heavy atom. The Labute approximate surface area is 364 Å². The summed E-state index contributed by atoms with van der Waals surface area (Å²) in [5, 5.41) is 3.80. The largest absolute Gasteiger partial charge is 0.460 e. The van der Waals surface area contributed by atoms with Crippen LogP contribution in [0, 0.1) is 5.92 Å². The summed E-state index contributed by atoms with van der Waals surface area (Å²) >= 11 is 0. The minimum Gasteiger partial charge on any atom is -0.460 e. The average molecular weight is 803 g/mol. The standard InChI is InChI=1S/C58H62N2O/c1-35(2)41-11-21-47(22-12-41)59(48-23-13-42(14-24-48)36(3)4)55-29-19-45-31-53-54-32-46-20-30-56(40(10)52(46)34-58(54)61-57(53)33-51(45)39(55)9)60(49-25-15-43(16-26-49)37(5)6)50-27-17-44(18-28-50)38(7)8/h11-29,31-32,34-38,51,56H,30,33H2,1-10H3. The summed E-state index contributed by atoms with van der Waals surface area (Å²) in [5.41, 5.74) is 17.8. The molecule has 0 fully saturated rings. The average Bonchev–Trinajstić information content (AvgIpc) is 3.61. The third-order valence-corrected chi connectivity index (χ3v) is 13.8. The maximum Gasteiger partial charge on any atom is 0.135 e. The van der Waals surface area contributed by atoms with Crippen molar-refractivity contribution in [3.05, 3.63) is 182 Å². The topological polar surface area (TPSA) is 19.6 Å². The van der Waals surface area contributed by atoms with Crippen LogP contribution in [-0.2, 0) is 6.42 Å². The summed E-state index contributed by atoms with van der Waals surface area (Å²) in [5.74, 6) is 3.27. The summed E-state index contributed by atoms with van der Waals surface area (Å²) in [6, 6.07) is 41.6. The van der Waals surface area contributed by atoms with Gasteiger partial charge >= 0.3 is 0 Å². The van der Waals surface area contributed by atoms with E-state index in [2.05, 4.69) is 213 Å². The minimum atomic E-state index is 0.178. The molecule has 310 valence electrons. The summed E-state index contributed by atoms with van der Waals surface area (Å²) in [6.07, 6.45) is 11.3. The molecule has 0 aliphatic heterocycles. The Balaban J connectivity index is 1.09. The van der Waals surface area contributed by atoms with Crippen molar-refractivity contribution in [2.45, 2.75) is 112 Å². The molecule has 2 atom stereocenters. The molecule has 3 aliphatic rings. The van der Waals surface area contributed by atoms with Crippen LogP contribution in [0.25, 0.3) is 28.7 Å². The molecule has 0 saturated carbocycles. The van der Waals surface area contributed by atoms with Gasteiger partial charge in [-0.1, -0.05) is 116 Å². The fraction of sp³-hybridized carbons (Fsp3) is 0.310. The van der Waals surface area contributed by atoms with E-state index in [1.165, 1.54) is 88.8 Å². The van der Waals surface area contributed by atoms with Gasteiger partial charge in [0.25, 0.3) is 0 Å². The molecule has 3 heteroatoms. The third-order valence-electron chi connectivity index (χ3n) is 13.8. The number of anilines is 4. The van der Waals surface area contributed by atoms with Gasteiger partial charge in [0.1, 0.15) is 11.3 Å². The summed E-state index contributed by atoms with van der Waals surface area (Å²) in [6.45, 7) is 22.8. The van der Waals surface area contributed by atoms with Gasteiger partial charge < -0.3 is 14.2 Å². The molecule has 2 unspecified atom stereocenters. The number of allylic oxidation sites excluding steroid dienone is 4. The van der Waals surface area contributed by atoms with E-state index in [4.69, 9.17) is 4.42 Å². The number of fused-ring (bicyclic) bond motifs is 5. The first-order chi connectivity index (χ1) is 29.4. The van der Waals surface area contributed by atoms with Crippen LogP contribution in [0.1, 0.15) is 133 Å². The predicted octanol–water partition coefficient (Wildman–Crippen LogP) is 14.7. The number of benzene rings is 5. The maximum atomic E-state index is 6.93. The van der Waals surface area contributed by atoms with E-state index >= 15 is 0 Å². The molecule has 1 aromatic heterocycles. The molecule has 9 rings (SSSR count). The van der Waals surface area contributed by atoms with Crippen LogP contribution in [0.3, 0.4) is 0 Å². The zero-order valence-corrected chi connectivity index (χ0v) is 37.9. The lowest BCUT2D eigenvalue weighted by atomic mass is 9.78. The highest BCUT2D eigenvalue weighted by Gasteiger charge is 2.32. The lowest BCUT2D eigenvalue weighted by molar-refractivity contribution is 0.512. The Morgan fingerprint density at radius 2 is 1.03 bits per heavy atom. The molecule has 5 aromatic carbocycles. The van der Waals surface area contributed by atoms with Crippen LogP contribution in [0.4, 0.5) is 22.7 Å². The molecule has 0 bridgehead atoms. The smallest absolute Gasteiger partial charge is 0.135 e. The monoisotopic (exact) mass is 802 g/mol. The molecule has 0 radical (unpaired) electrons. The van der Waals surface area contributed by atoms with Gasteiger partial charge in [-0.15, -0.1) is 0 Å². The van der Waals surface area contributed by atoms with E-state index in [0.29, 0.717) is 23.7 Å².